The van der Waals surface area contributed by atoms with Crippen LogP contribution in [0.4, 0.5) is 13.2 Å². The van der Waals surface area contributed by atoms with Crippen molar-refractivity contribution in [3.63, 3.8) is 0 Å². The Morgan fingerprint density at radius 2 is 1.96 bits per heavy atom. The van der Waals surface area contributed by atoms with E-state index in [-0.39, 0.29) is 46.3 Å². The summed E-state index contributed by atoms with van der Waals surface area (Å²) >= 11 is 0. The number of carboxylic acid groups (broad SMARTS) is 1. The van der Waals surface area contributed by atoms with E-state index in [1.54, 1.807) is 0 Å². The summed E-state index contributed by atoms with van der Waals surface area (Å²) in [5.74, 6) is -1.45. The molecule has 9 heteroatoms. The van der Waals surface area contributed by atoms with Crippen molar-refractivity contribution in [3.8, 4) is 11.3 Å². The number of alkyl halides is 3. The van der Waals surface area contributed by atoms with Crippen LogP contribution in [0, 0.1) is 0 Å². The van der Waals surface area contributed by atoms with Gasteiger partial charge in [-0.25, -0.2) is 9.50 Å². The smallest absolute Gasteiger partial charge is 0.545 e. The van der Waals surface area contributed by atoms with Crippen LogP contribution in [0.5, 0.6) is 0 Å². The number of hydrogen-bond donors (Lipinski definition) is 0. The normalized spacial score (nSPS) is 11.3. The van der Waals surface area contributed by atoms with E-state index in [9.17, 15) is 23.1 Å². The molecule has 3 aromatic rings. The molecule has 0 bridgehead atoms. The Bertz CT molecular complexity index is 877. The van der Waals surface area contributed by atoms with Crippen LogP contribution in [0.15, 0.2) is 42.7 Å². The second-order valence-corrected chi connectivity index (χ2v) is 4.49. The van der Waals surface area contributed by atoms with Gasteiger partial charge < -0.3 is 9.90 Å². The molecule has 0 spiro atoms. The van der Waals surface area contributed by atoms with Gasteiger partial charge in [0, 0.05) is 11.8 Å². The first-order valence-electron chi connectivity index (χ1n) is 6.09. The van der Waals surface area contributed by atoms with Gasteiger partial charge in [-0.05, 0) is 18.2 Å². The molecule has 0 aliphatic rings. The summed E-state index contributed by atoms with van der Waals surface area (Å²) in [6, 6.07) is 6.12. The van der Waals surface area contributed by atoms with Gasteiger partial charge in [0.2, 0.25) is 0 Å². The Balaban J connectivity index is 0.00000192. The van der Waals surface area contributed by atoms with Gasteiger partial charge in [0.25, 0.3) is 0 Å². The summed E-state index contributed by atoms with van der Waals surface area (Å²) in [6.07, 6.45) is -2.11. The maximum Gasteiger partial charge on any atom is 1.00 e. The first kappa shape index (κ1) is 17.5. The van der Waals surface area contributed by atoms with Gasteiger partial charge in [-0.3, -0.25) is 0 Å². The number of halogens is 3. The SMILES string of the molecule is O=C([O-])c1cnn2c(-c3cccc(C(F)(F)F)c3)ccnc12.[Na+]. The Hall–Kier alpha value is -1.90. The van der Waals surface area contributed by atoms with Crippen LogP contribution >= 0.6 is 0 Å². The third kappa shape index (κ3) is 3.24. The van der Waals surface area contributed by atoms with E-state index >= 15 is 0 Å². The Labute approximate surface area is 150 Å². The van der Waals surface area contributed by atoms with Crippen LogP contribution in [0.3, 0.4) is 0 Å². The summed E-state index contributed by atoms with van der Waals surface area (Å²) < 4.78 is 39.5. The van der Waals surface area contributed by atoms with Crippen LogP contribution in [0.25, 0.3) is 16.9 Å². The molecule has 0 atom stereocenters. The number of carboxylic acids is 1. The molecule has 0 fully saturated rings. The zero-order valence-corrected chi connectivity index (χ0v) is 13.8. The minimum Gasteiger partial charge on any atom is -0.545 e. The van der Waals surface area contributed by atoms with Crippen LogP contribution in [0.1, 0.15) is 15.9 Å². The molecular formula is C14H7F3N3NaO2. The van der Waals surface area contributed by atoms with E-state index < -0.39 is 17.7 Å². The Morgan fingerprint density at radius 1 is 1.22 bits per heavy atom. The quantitative estimate of drug-likeness (QED) is 0.553. The molecule has 2 heterocycles. The molecule has 112 valence electrons. The molecule has 23 heavy (non-hydrogen) atoms. The second-order valence-electron chi connectivity index (χ2n) is 4.49. The molecule has 3 rings (SSSR count). The Kier molecular flexibility index (Phi) is 4.79. The van der Waals surface area contributed by atoms with Gasteiger partial charge in [0.05, 0.1) is 29.0 Å². The molecule has 1 aromatic carbocycles. The summed E-state index contributed by atoms with van der Waals surface area (Å²) in [6.45, 7) is 0. The molecule has 0 N–H and O–H groups in total. The third-order valence-electron chi connectivity index (χ3n) is 3.11. The number of benzene rings is 1. The minimum absolute atomic E-state index is 0. The first-order valence-corrected chi connectivity index (χ1v) is 6.09. The molecule has 0 unspecified atom stereocenters. The molecule has 0 radical (unpaired) electrons. The van der Waals surface area contributed by atoms with Gasteiger partial charge >= 0.3 is 35.7 Å². The number of carbonyl (C=O) groups is 1. The van der Waals surface area contributed by atoms with E-state index in [2.05, 4.69) is 10.1 Å². The van der Waals surface area contributed by atoms with Crippen LogP contribution in [-0.4, -0.2) is 20.6 Å². The van der Waals surface area contributed by atoms with Crippen molar-refractivity contribution < 1.29 is 52.6 Å². The number of rotatable bonds is 2. The molecule has 0 amide bonds. The van der Waals surface area contributed by atoms with Crippen molar-refractivity contribution in [3.05, 3.63) is 53.9 Å². The van der Waals surface area contributed by atoms with E-state index in [0.29, 0.717) is 5.69 Å². The molecule has 0 saturated carbocycles. The van der Waals surface area contributed by atoms with Crippen LogP contribution in [-0.2, 0) is 6.18 Å². The maximum atomic E-state index is 12.8. The molecule has 2 aromatic heterocycles. The maximum absolute atomic E-state index is 12.8. The standard InChI is InChI=1S/C14H8F3N3O2.Na/c15-14(16,17)9-3-1-2-8(6-9)11-4-5-18-12-10(13(21)22)7-19-20(11)12;/h1-7H,(H,21,22);/q;+1/p-1. The monoisotopic (exact) mass is 329 g/mol. The number of nitrogens with zero attached hydrogens (tertiary/aromatic N) is 3. The number of hydrogen-bond acceptors (Lipinski definition) is 4. The zero-order valence-electron chi connectivity index (χ0n) is 11.8. The van der Waals surface area contributed by atoms with E-state index in [1.165, 1.54) is 28.9 Å². The Morgan fingerprint density at radius 3 is 2.61 bits per heavy atom. The fraction of sp³-hybridized carbons (Fsp3) is 0.0714. The van der Waals surface area contributed by atoms with Crippen molar-refractivity contribution in [2.45, 2.75) is 6.18 Å². The predicted octanol–water partition coefficient (Wildman–Crippen LogP) is -1.22. The number of carbonyl (C=O) groups excluding carboxylic acids is 1. The first-order chi connectivity index (χ1) is 10.4. The predicted molar refractivity (Wildman–Crippen MR) is 67.8 cm³/mol. The molecule has 5 nitrogen and oxygen atoms in total. The summed E-state index contributed by atoms with van der Waals surface area (Å²) in [4.78, 5) is 14.8. The van der Waals surface area contributed by atoms with E-state index in [0.717, 1.165) is 18.3 Å². The number of aromatic nitrogens is 3. The van der Waals surface area contributed by atoms with Crippen molar-refractivity contribution in [2.75, 3.05) is 0 Å². The topological polar surface area (TPSA) is 70.3 Å². The van der Waals surface area contributed by atoms with Crippen LogP contribution < -0.4 is 34.7 Å². The van der Waals surface area contributed by atoms with Crippen molar-refractivity contribution >= 4 is 11.6 Å². The third-order valence-corrected chi connectivity index (χ3v) is 3.11. The van der Waals surface area contributed by atoms with Crippen molar-refractivity contribution in [2.24, 2.45) is 0 Å². The van der Waals surface area contributed by atoms with E-state index in [4.69, 9.17) is 0 Å². The van der Waals surface area contributed by atoms with E-state index in [1.807, 2.05) is 0 Å². The van der Waals surface area contributed by atoms with Crippen LogP contribution in [0.2, 0.25) is 0 Å². The molecule has 0 aliphatic heterocycles. The minimum atomic E-state index is -4.47. The van der Waals surface area contributed by atoms with Gasteiger partial charge in [0.15, 0.2) is 5.65 Å². The van der Waals surface area contributed by atoms with Crippen molar-refractivity contribution in [1.29, 1.82) is 0 Å². The summed E-state index contributed by atoms with van der Waals surface area (Å²) in [5, 5.41) is 14.8. The number of aromatic carboxylic acids is 1. The van der Waals surface area contributed by atoms with Gasteiger partial charge in [-0.2, -0.15) is 18.3 Å². The zero-order chi connectivity index (χ0) is 15.9. The van der Waals surface area contributed by atoms with Gasteiger partial charge in [0.1, 0.15) is 0 Å². The largest absolute Gasteiger partial charge is 1.00 e. The molecule has 0 saturated heterocycles. The van der Waals surface area contributed by atoms with Gasteiger partial charge in [-0.15, -0.1) is 0 Å². The van der Waals surface area contributed by atoms with Crippen molar-refractivity contribution in [1.82, 2.24) is 14.6 Å². The fourth-order valence-corrected chi connectivity index (χ4v) is 2.11. The fourth-order valence-electron chi connectivity index (χ4n) is 2.11. The summed E-state index contributed by atoms with van der Waals surface area (Å²) in [5.41, 5.74) is -0.482. The molecule has 0 aliphatic carbocycles. The van der Waals surface area contributed by atoms with Gasteiger partial charge in [-0.1, -0.05) is 12.1 Å². The second kappa shape index (κ2) is 6.31. The average molecular weight is 329 g/mol. The average Bonchev–Trinajstić information content (AvgIpc) is 2.90. The molecular weight excluding hydrogens is 322 g/mol. The number of fused-ring (bicyclic) bond motifs is 1. The summed E-state index contributed by atoms with van der Waals surface area (Å²) in [7, 11) is 0.